The highest BCUT2D eigenvalue weighted by Gasteiger charge is 2.09. The van der Waals surface area contributed by atoms with Gasteiger partial charge in [-0.05, 0) is 38.0 Å². The van der Waals surface area contributed by atoms with Gasteiger partial charge in [-0.2, -0.15) is 0 Å². The van der Waals surface area contributed by atoms with Gasteiger partial charge < -0.3 is 10.3 Å². The lowest BCUT2D eigenvalue weighted by atomic mass is 10.1. The van der Waals surface area contributed by atoms with Gasteiger partial charge >= 0.3 is 0 Å². The van der Waals surface area contributed by atoms with Crippen LogP contribution in [0.4, 0.5) is 0 Å². The van der Waals surface area contributed by atoms with Crippen LogP contribution in [0.3, 0.4) is 0 Å². The first-order valence-electron chi connectivity index (χ1n) is 7.29. The minimum absolute atomic E-state index is 0.159. The molecular weight excluding hydrogens is 276 g/mol. The van der Waals surface area contributed by atoms with Crippen LogP contribution in [-0.2, 0) is 6.42 Å². The van der Waals surface area contributed by atoms with Crippen LogP contribution in [0.1, 0.15) is 27.6 Å². The zero-order chi connectivity index (χ0) is 15.5. The molecule has 0 aliphatic rings. The first kappa shape index (κ1) is 14.3. The van der Waals surface area contributed by atoms with Gasteiger partial charge in [0, 0.05) is 29.3 Å². The zero-order valence-electron chi connectivity index (χ0n) is 12.7. The summed E-state index contributed by atoms with van der Waals surface area (Å²) in [6, 6.07) is 9.85. The van der Waals surface area contributed by atoms with Gasteiger partial charge in [-0.15, -0.1) is 0 Å². The van der Waals surface area contributed by atoms with Crippen LogP contribution in [0.2, 0.25) is 0 Å². The Labute approximate surface area is 128 Å². The van der Waals surface area contributed by atoms with Crippen LogP contribution < -0.4 is 5.32 Å². The number of carbonyl (C=O) groups excluding carboxylic acids is 1. The summed E-state index contributed by atoms with van der Waals surface area (Å²) in [5.41, 5.74) is 3.54. The van der Waals surface area contributed by atoms with Gasteiger partial charge in [0.25, 0.3) is 5.91 Å². The molecule has 22 heavy (non-hydrogen) atoms. The predicted molar refractivity (Wildman–Crippen MR) is 85.8 cm³/mol. The van der Waals surface area contributed by atoms with Crippen LogP contribution in [0.15, 0.2) is 36.5 Å². The Balaban J connectivity index is 1.64. The second kappa shape index (κ2) is 5.97. The van der Waals surface area contributed by atoms with Gasteiger partial charge in [-0.1, -0.05) is 18.2 Å². The molecule has 0 fully saturated rings. The highest BCUT2D eigenvalue weighted by atomic mass is 16.1. The molecule has 0 unspecified atom stereocenters. The fourth-order valence-corrected chi connectivity index (χ4v) is 2.57. The van der Waals surface area contributed by atoms with E-state index in [1.807, 2.05) is 31.3 Å². The molecule has 5 heteroatoms. The number of carbonyl (C=O) groups is 1. The Morgan fingerprint density at radius 2 is 2.05 bits per heavy atom. The lowest BCUT2D eigenvalue weighted by Crippen LogP contribution is -2.27. The molecule has 0 saturated heterocycles. The van der Waals surface area contributed by atoms with E-state index >= 15 is 0 Å². The summed E-state index contributed by atoms with van der Waals surface area (Å²) in [7, 11) is 0. The quantitative estimate of drug-likeness (QED) is 0.777. The molecule has 0 atom stereocenters. The number of hydrogen-bond donors (Lipinski definition) is 2. The van der Waals surface area contributed by atoms with Crippen LogP contribution in [-0.4, -0.2) is 27.4 Å². The van der Waals surface area contributed by atoms with Crippen molar-refractivity contribution >= 4 is 16.8 Å². The highest BCUT2D eigenvalue weighted by Crippen LogP contribution is 2.17. The number of H-pyrrole nitrogens is 1. The summed E-state index contributed by atoms with van der Waals surface area (Å²) in [4.78, 5) is 23.7. The molecule has 2 N–H and O–H groups in total. The van der Waals surface area contributed by atoms with Crippen molar-refractivity contribution in [3.63, 3.8) is 0 Å². The van der Waals surface area contributed by atoms with E-state index in [2.05, 4.69) is 26.3 Å². The number of aryl methyl sites for hydroxylation is 2. The van der Waals surface area contributed by atoms with E-state index in [0.29, 0.717) is 18.1 Å². The monoisotopic (exact) mass is 294 g/mol. The van der Waals surface area contributed by atoms with Crippen molar-refractivity contribution in [1.82, 2.24) is 20.3 Å². The lowest BCUT2D eigenvalue weighted by molar-refractivity contribution is 0.0948. The molecule has 0 aliphatic heterocycles. The zero-order valence-corrected chi connectivity index (χ0v) is 12.7. The summed E-state index contributed by atoms with van der Waals surface area (Å²) in [5.74, 6) is 0.454. The fourth-order valence-electron chi connectivity index (χ4n) is 2.57. The number of fused-ring (bicyclic) bond motifs is 1. The number of aromatic amines is 1. The first-order valence-corrected chi connectivity index (χ1v) is 7.29. The van der Waals surface area contributed by atoms with Crippen molar-refractivity contribution in [2.45, 2.75) is 20.3 Å². The van der Waals surface area contributed by atoms with Gasteiger partial charge in [0.1, 0.15) is 11.5 Å². The predicted octanol–water partition coefficient (Wildman–Crippen LogP) is 2.55. The Morgan fingerprint density at radius 3 is 2.86 bits per heavy atom. The molecule has 3 aromatic rings. The first-order chi connectivity index (χ1) is 10.6. The third-order valence-corrected chi connectivity index (χ3v) is 3.55. The van der Waals surface area contributed by atoms with Crippen LogP contribution in [0.5, 0.6) is 0 Å². The van der Waals surface area contributed by atoms with E-state index < -0.39 is 0 Å². The van der Waals surface area contributed by atoms with E-state index in [9.17, 15) is 4.79 Å². The summed E-state index contributed by atoms with van der Waals surface area (Å²) in [6.07, 6.45) is 2.77. The third kappa shape index (κ3) is 2.98. The molecule has 0 aliphatic carbocycles. The second-order valence-electron chi connectivity index (χ2n) is 5.31. The molecule has 1 amide bonds. The van der Waals surface area contributed by atoms with E-state index in [0.717, 1.165) is 17.6 Å². The van der Waals surface area contributed by atoms with E-state index in [-0.39, 0.29) is 5.91 Å². The molecule has 2 aromatic heterocycles. The molecule has 0 saturated carbocycles. The Kier molecular flexibility index (Phi) is 3.87. The number of benzene rings is 1. The van der Waals surface area contributed by atoms with Gasteiger partial charge in [-0.25, -0.2) is 9.97 Å². The van der Waals surface area contributed by atoms with Crippen molar-refractivity contribution in [2.75, 3.05) is 6.54 Å². The number of para-hydroxylation sites is 1. The molecule has 0 radical (unpaired) electrons. The van der Waals surface area contributed by atoms with Gasteiger partial charge in [0.15, 0.2) is 0 Å². The molecule has 3 rings (SSSR count). The summed E-state index contributed by atoms with van der Waals surface area (Å²) in [6.45, 7) is 4.22. The molecule has 1 aromatic carbocycles. The molecule has 112 valence electrons. The van der Waals surface area contributed by atoms with Gasteiger partial charge in [0.2, 0.25) is 0 Å². The van der Waals surface area contributed by atoms with Crippen molar-refractivity contribution in [3.8, 4) is 0 Å². The van der Waals surface area contributed by atoms with Crippen LogP contribution in [0.25, 0.3) is 10.9 Å². The molecule has 5 nitrogen and oxygen atoms in total. The average Bonchev–Trinajstić information content (AvgIpc) is 2.90. The number of rotatable bonds is 4. The van der Waals surface area contributed by atoms with Gasteiger partial charge in [-0.3, -0.25) is 4.79 Å². The largest absolute Gasteiger partial charge is 0.361 e. The standard InChI is InChI=1S/C17H18N4O/c1-11-9-16(21-12(2)20-11)17(22)18-8-7-13-10-19-15-6-4-3-5-14(13)15/h3-6,9-10,19H,7-8H2,1-2H3,(H,18,22). The summed E-state index contributed by atoms with van der Waals surface area (Å²) in [5, 5.41) is 4.11. The van der Waals surface area contributed by atoms with Crippen molar-refractivity contribution in [1.29, 1.82) is 0 Å². The minimum atomic E-state index is -0.159. The van der Waals surface area contributed by atoms with Crippen molar-refractivity contribution in [2.24, 2.45) is 0 Å². The average molecular weight is 294 g/mol. The maximum Gasteiger partial charge on any atom is 0.270 e. The number of aromatic nitrogens is 3. The number of nitrogens with one attached hydrogen (secondary N) is 2. The number of amides is 1. The smallest absolute Gasteiger partial charge is 0.270 e. The fraction of sp³-hybridized carbons (Fsp3) is 0.235. The maximum atomic E-state index is 12.1. The lowest BCUT2D eigenvalue weighted by Gasteiger charge is -2.05. The normalized spacial score (nSPS) is 10.8. The maximum absolute atomic E-state index is 12.1. The summed E-state index contributed by atoms with van der Waals surface area (Å²) >= 11 is 0. The Hall–Kier alpha value is -2.69. The Morgan fingerprint density at radius 1 is 1.23 bits per heavy atom. The van der Waals surface area contributed by atoms with E-state index in [1.54, 1.807) is 13.0 Å². The molecule has 2 heterocycles. The molecule has 0 bridgehead atoms. The minimum Gasteiger partial charge on any atom is -0.361 e. The summed E-state index contributed by atoms with van der Waals surface area (Å²) < 4.78 is 0. The van der Waals surface area contributed by atoms with Crippen LogP contribution >= 0.6 is 0 Å². The highest BCUT2D eigenvalue weighted by molar-refractivity contribution is 5.92. The van der Waals surface area contributed by atoms with E-state index in [1.165, 1.54) is 10.9 Å². The molecule has 0 spiro atoms. The van der Waals surface area contributed by atoms with Crippen molar-refractivity contribution in [3.05, 3.63) is 59.3 Å². The van der Waals surface area contributed by atoms with Crippen molar-refractivity contribution < 1.29 is 4.79 Å². The Bertz CT molecular complexity index is 802. The second-order valence-corrected chi connectivity index (χ2v) is 5.31. The number of nitrogens with zero attached hydrogens (tertiary/aromatic N) is 2. The number of hydrogen-bond acceptors (Lipinski definition) is 3. The van der Waals surface area contributed by atoms with Crippen LogP contribution in [0, 0.1) is 13.8 Å². The van der Waals surface area contributed by atoms with Gasteiger partial charge in [0.05, 0.1) is 0 Å². The van der Waals surface area contributed by atoms with E-state index in [4.69, 9.17) is 0 Å². The third-order valence-electron chi connectivity index (χ3n) is 3.55. The SMILES string of the molecule is Cc1cc(C(=O)NCCc2c[nH]c3ccccc23)nc(C)n1. The molecular formula is C17H18N4O. The topological polar surface area (TPSA) is 70.7 Å².